The minimum Gasteiger partial charge on any atom is -0.399 e. The first-order valence-electron chi connectivity index (χ1n) is 5.39. The number of nitrogens with one attached hydrogen (secondary N) is 1. The number of hydrogen-bond acceptors (Lipinski definition) is 4. The molecule has 5 nitrogen and oxygen atoms in total. The quantitative estimate of drug-likeness (QED) is 0.852. The summed E-state index contributed by atoms with van der Waals surface area (Å²) >= 11 is 5.86. The first kappa shape index (κ1) is 13.6. The summed E-state index contributed by atoms with van der Waals surface area (Å²) in [7, 11) is -3.73. The Hall–Kier alpha value is -1.79. The third-order valence-corrected chi connectivity index (χ3v) is 4.18. The van der Waals surface area contributed by atoms with Crippen LogP contribution in [0.25, 0.3) is 0 Å². The maximum atomic E-state index is 12.2. The Kier molecular flexibility index (Phi) is 3.64. The van der Waals surface area contributed by atoms with E-state index in [1.165, 1.54) is 18.3 Å². The van der Waals surface area contributed by atoms with Crippen LogP contribution in [0.5, 0.6) is 0 Å². The van der Waals surface area contributed by atoms with Gasteiger partial charge in [0.15, 0.2) is 5.82 Å². The van der Waals surface area contributed by atoms with Gasteiger partial charge in [-0.15, -0.1) is 0 Å². The number of sulfonamides is 1. The molecule has 0 saturated heterocycles. The van der Waals surface area contributed by atoms with Crippen molar-refractivity contribution in [2.75, 3.05) is 10.5 Å². The Balaban J connectivity index is 2.38. The molecular weight excluding hydrogens is 286 g/mol. The Morgan fingerprint density at radius 3 is 2.68 bits per heavy atom. The van der Waals surface area contributed by atoms with Crippen LogP contribution in [-0.4, -0.2) is 13.4 Å². The zero-order valence-electron chi connectivity index (χ0n) is 10.1. The number of pyridine rings is 1. The van der Waals surface area contributed by atoms with Crippen molar-refractivity contribution >= 4 is 33.1 Å². The molecule has 0 fully saturated rings. The maximum Gasteiger partial charge on any atom is 0.263 e. The van der Waals surface area contributed by atoms with E-state index >= 15 is 0 Å². The van der Waals surface area contributed by atoms with Gasteiger partial charge in [0.2, 0.25) is 0 Å². The van der Waals surface area contributed by atoms with Crippen LogP contribution in [0.3, 0.4) is 0 Å². The summed E-state index contributed by atoms with van der Waals surface area (Å²) in [6, 6.07) is 7.65. The molecule has 0 unspecified atom stereocenters. The van der Waals surface area contributed by atoms with E-state index in [2.05, 4.69) is 9.71 Å². The van der Waals surface area contributed by atoms with Crippen LogP contribution in [0.2, 0.25) is 5.02 Å². The average Bonchev–Trinajstić information content (AvgIpc) is 2.35. The highest BCUT2D eigenvalue weighted by Gasteiger charge is 2.16. The van der Waals surface area contributed by atoms with E-state index in [1.807, 2.05) is 0 Å². The summed E-state index contributed by atoms with van der Waals surface area (Å²) in [5.74, 6) is 0.0960. The van der Waals surface area contributed by atoms with E-state index in [1.54, 1.807) is 25.1 Å². The summed E-state index contributed by atoms with van der Waals surface area (Å²) in [5, 5.41) is 0.234. The van der Waals surface area contributed by atoms with Crippen molar-refractivity contribution in [3.05, 3.63) is 47.1 Å². The normalized spacial score (nSPS) is 11.3. The standard InChI is InChI=1S/C12H12ClN3O2S/c1-8-7-9(4-5-11(8)14)19(17,18)16-12-10(13)3-2-6-15-12/h2-7H,14H2,1H3,(H,15,16). The molecule has 1 aromatic heterocycles. The Morgan fingerprint density at radius 1 is 1.32 bits per heavy atom. The molecule has 100 valence electrons. The van der Waals surface area contributed by atoms with Gasteiger partial charge in [-0.3, -0.25) is 4.72 Å². The smallest absolute Gasteiger partial charge is 0.263 e. The van der Waals surface area contributed by atoms with Crippen molar-refractivity contribution in [3.63, 3.8) is 0 Å². The molecule has 1 aromatic carbocycles. The summed E-state index contributed by atoms with van der Waals surface area (Å²) < 4.78 is 26.7. The highest BCUT2D eigenvalue weighted by atomic mass is 35.5. The van der Waals surface area contributed by atoms with E-state index in [-0.39, 0.29) is 15.7 Å². The summed E-state index contributed by atoms with van der Waals surface area (Å²) in [6.45, 7) is 1.74. The van der Waals surface area contributed by atoms with Gasteiger partial charge in [0.05, 0.1) is 9.92 Å². The van der Waals surface area contributed by atoms with Crippen LogP contribution in [-0.2, 0) is 10.0 Å². The van der Waals surface area contributed by atoms with E-state index < -0.39 is 10.0 Å². The summed E-state index contributed by atoms with van der Waals surface area (Å²) in [4.78, 5) is 3.99. The van der Waals surface area contributed by atoms with Gasteiger partial charge >= 0.3 is 0 Å². The van der Waals surface area contributed by atoms with Gasteiger partial charge in [-0.1, -0.05) is 11.6 Å². The van der Waals surface area contributed by atoms with Crippen molar-refractivity contribution in [1.82, 2.24) is 4.98 Å². The molecule has 0 spiro atoms. The molecule has 7 heteroatoms. The van der Waals surface area contributed by atoms with Gasteiger partial charge in [0.1, 0.15) is 0 Å². The van der Waals surface area contributed by atoms with E-state index in [9.17, 15) is 8.42 Å². The number of hydrogen-bond donors (Lipinski definition) is 2. The van der Waals surface area contributed by atoms with E-state index in [0.717, 1.165) is 0 Å². The van der Waals surface area contributed by atoms with Gasteiger partial charge in [-0.2, -0.15) is 0 Å². The second kappa shape index (κ2) is 5.07. The Labute approximate surface area is 116 Å². The second-order valence-corrected chi connectivity index (χ2v) is 6.05. The molecule has 2 aromatic rings. The number of nitrogens with zero attached hydrogens (tertiary/aromatic N) is 1. The van der Waals surface area contributed by atoms with E-state index in [4.69, 9.17) is 17.3 Å². The van der Waals surface area contributed by atoms with Crippen LogP contribution in [0.1, 0.15) is 5.56 Å². The molecule has 1 heterocycles. The van der Waals surface area contributed by atoms with E-state index in [0.29, 0.717) is 11.3 Å². The molecule has 2 rings (SSSR count). The lowest BCUT2D eigenvalue weighted by molar-refractivity contribution is 0.601. The SMILES string of the molecule is Cc1cc(S(=O)(=O)Nc2ncccc2Cl)ccc1N. The van der Waals surface area contributed by atoms with Crippen molar-refractivity contribution in [1.29, 1.82) is 0 Å². The molecule has 0 amide bonds. The predicted molar refractivity (Wildman–Crippen MR) is 75.6 cm³/mol. The molecule has 0 saturated carbocycles. The average molecular weight is 298 g/mol. The Morgan fingerprint density at radius 2 is 2.05 bits per heavy atom. The van der Waals surface area contributed by atoms with Crippen LogP contribution in [0.4, 0.5) is 11.5 Å². The first-order valence-corrected chi connectivity index (χ1v) is 7.26. The molecule has 0 aliphatic rings. The Bertz CT molecular complexity index is 717. The number of benzene rings is 1. The second-order valence-electron chi connectivity index (χ2n) is 3.96. The highest BCUT2D eigenvalue weighted by Crippen LogP contribution is 2.23. The van der Waals surface area contributed by atoms with Gasteiger partial charge in [0, 0.05) is 11.9 Å². The van der Waals surface area contributed by atoms with Crippen LogP contribution < -0.4 is 10.5 Å². The zero-order valence-corrected chi connectivity index (χ0v) is 11.7. The topological polar surface area (TPSA) is 85.1 Å². The molecule has 0 aliphatic carbocycles. The minimum atomic E-state index is -3.73. The summed E-state index contributed by atoms with van der Waals surface area (Å²) in [5.41, 5.74) is 6.89. The number of nitrogens with two attached hydrogens (primary N) is 1. The van der Waals surface area contributed by atoms with Crippen LogP contribution >= 0.6 is 11.6 Å². The van der Waals surface area contributed by atoms with Gasteiger partial charge in [-0.05, 0) is 42.8 Å². The van der Waals surface area contributed by atoms with Crippen molar-refractivity contribution in [2.24, 2.45) is 0 Å². The fourth-order valence-electron chi connectivity index (χ4n) is 1.46. The zero-order chi connectivity index (χ0) is 14.0. The third-order valence-electron chi connectivity index (χ3n) is 2.54. The number of rotatable bonds is 3. The van der Waals surface area contributed by atoms with Crippen LogP contribution in [0, 0.1) is 6.92 Å². The lowest BCUT2D eigenvalue weighted by atomic mass is 10.2. The molecule has 0 radical (unpaired) electrons. The molecular formula is C12H12ClN3O2S. The largest absolute Gasteiger partial charge is 0.399 e. The molecule has 19 heavy (non-hydrogen) atoms. The lowest BCUT2D eigenvalue weighted by Crippen LogP contribution is -2.14. The molecule has 0 aliphatic heterocycles. The third kappa shape index (κ3) is 2.97. The first-order chi connectivity index (χ1) is 8.90. The molecule has 0 atom stereocenters. The monoisotopic (exact) mass is 297 g/mol. The van der Waals surface area contributed by atoms with Gasteiger partial charge in [0.25, 0.3) is 10.0 Å². The van der Waals surface area contributed by atoms with Crippen LogP contribution in [0.15, 0.2) is 41.4 Å². The number of aromatic nitrogens is 1. The van der Waals surface area contributed by atoms with Crippen molar-refractivity contribution in [3.8, 4) is 0 Å². The van der Waals surface area contributed by atoms with Crippen molar-refractivity contribution < 1.29 is 8.42 Å². The van der Waals surface area contributed by atoms with Crippen molar-refractivity contribution in [2.45, 2.75) is 11.8 Å². The van der Waals surface area contributed by atoms with Gasteiger partial charge < -0.3 is 5.73 Å². The molecule has 0 bridgehead atoms. The molecule has 3 N–H and O–H groups in total. The van der Waals surface area contributed by atoms with Gasteiger partial charge in [-0.25, -0.2) is 13.4 Å². The maximum absolute atomic E-state index is 12.2. The fourth-order valence-corrected chi connectivity index (χ4v) is 2.80. The fraction of sp³-hybridized carbons (Fsp3) is 0.0833. The number of aryl methyl sites for hydroxylation is 1. The lowest BCUT2D eigenvalue weighted by Gasteiger charge is -2.09. The summed E-state index contributed by atoms with van der Waals surface area (Å²) in [6.07, 6.45) is 1.46. The predicted octanol–water partition coefficient (Wildman–Crippen LogP) is 2.43. The minimum absolute atomic E-state index is 0.0960. The highest BCUT2D eigenvalue weighted by molar-refractivity contribution is 7.92. The number of nitrogen functional groups attached to an aromatic ring is 1. The number of halogens is 1. The number of anilines is 2.